The molecule has 2 amide bonds. The van der Waals surface area contributed by atoms with Gasteiger partial charge in [-0.2, -0.15) is 8.42 Å². The highest BCUT2D eigenvalue weighted by atomic mass is 32.2. The number of ether oxygens (including phenoxy) is 1. The highest BCUT2D eigenvalue weighted by molar-refractivity contribution is 7.90. The van der Waals surface area contributed by atoms with Crippen molar-refractivity contribution in [3.8, 4) is 0 Å². The van der Waals surface area contributed by atoms with Gasteiger partial charge in [-0.25, -0.2) is 14.7 Å². The molecular weight excluding hydrogens is 580 g/mol. The number of fused-ring (bicyclic) bond motifs is 6. The highest BCUT2D eigenvalue weighted by Crippen LogP contribution is 2.40. The minimum Gasteiger partial charge on any atom is -0.381 e. The molecule has 0 spiro atoms. The van der Waals surface area contributed by atoms with E-state index in [1.54, 1.807) is 29.2 Å². The lowest BCUT2D eigenvalue weighted by Gasteiger charge is -2.34. The van der Waals surface area contributed by atoms with E-state index in [1.807, 2.05) is 0 Å². The van der Waals surface area contributed by atoms with E-state index in [4.69, 9.17) is 9.72 Å². The summed E-state index contributed by atoms with van der Waals surface area (Å²) in [6.45, 7) is 13.7. The maximum Gasteiger partial charge on any atom is 0.281 e. The molecule has 2 aromatic rings. The van der Waals surface area contributed by atoms with Crippen LogP contribution in [0.5, 0.6) is 0 Å². The number of hydrogen-bond donors (Lipinski definition) is 2. The number of pyridine rings is 2. The van der Waals surface area contributed by atoms with Crippen LogP contribution in [0.25, 0.3) is 0 Å². The smallest absolute Gasteiger partial charge is 0.281 e. The van der Waals surface area contributed by atoms with Crippen LogP contribution in [0.4, 0.5) is 17.5 Å². The van der Waals surface area contributed by atoms with E-state index in [1.165, 1.54) is 6.07 Å². The van der Waals surface area contributed by atoms with Crippen LogP contribution >= 0.6 is 0 Å². The van der Waals surface area contributed by atoms with Gasteiger partial charge in [-0.05, 0) is 88.0 Å². The first-order valence-corrected chi connectivity index (χ1v) is 17.2. The SMILES string of the molecule is CC(C)(C)CCCOCC1CCN(c2ccc3c(n2)N2C[C@@H](CCCNc4cccc(n4)S(=O)(=O)NC3=O)CC2(C)C)C1=O. The van der Waals surface area contributed by atoms with Gasteiger partial charge < -0.3 is 15.0 Å². The van der Waals surface area contributed by atoms with Crippen LogP contribution in [0.1, 0.15) is 83.5 Å². The summed E-state index contributed by atoms with van der Waals surface area (Å²) in [6.07, 6.45) is 5.39. The van der Waals surface area contributed by atoms with Gasteiger partial charge in [0.25, 0.3) is 15.9 Å². The number of carbonyl (C=O) groups excluding carboxylic acids is 2. The van der Waals surface area contributed by atoms with Crippen molar-refractivity contribution in [3.63, 3.8) is 0 Å². The molecule has 4 bridgehead atoms. The van der Waals surface area contributed by atoms with Crippen molar-refractivity contribution >= 4 is 39.3 Å². The van der Waals surface area contributed by atoms with E-state index in [0.717, 1.165) is 32.1 Å². The summed E-state index contributed by atoms with van der Waals surface area (Å²) in [5.41, 5.74) is 0.0530. The number of aromatic nitrogens is 2. The topological polar surface area (TPSA) is 134 Å². The van der Waals surface area contributed by atoms with Crippen LogP contribution in [-0.4, -0.2) is 68.6 Å². The van der Waals surface area contributed by atoms with E-state index in [0.29, 0.717) is 62.6 Å². The summed E-state index contributed by atoms with van der Waals surface area (Å²) >= 11 is 0. The molecule has 44 heavy (non-hydrogen) atoms. The lowest BCUT2D eigenvalue weighted by atomic mass is 9.91. The molecule has 2 saturated heterocycles. The zero-order valence-corrected chi connectivity index (χ0v) is 27.4. The first kappa shape index (κ1) is 32.2. The summed E-state index contributed by atoms with van der Waals surface area (Å²) in [5.74, 6) is 0.551. The molecule has 0 radical (unpaired) electrons. The first-order valence-electron chi connectivity index (χ1n) is 15.7. The normalized spacial score (nSPS) is 23.4. The van der Waals surface area contributed by atoms with Gasteiger partial charge in [-0.1, -0.05) is 26.8 Å². The van der Waals surface area contributed by atoms with Gasteiger partial charge in [-0.3, -0.25) is 14.5 Å². The van der Waals surface area contributed by atoms with Crippen molar-refractivity contribution in [1.29, 1.82) is 0 Å². The zero-order chi connectivity index (χ0) is 31.7. The quantitative estimate of drug-likeness (QED) is 0.441. The van der Waals surface area contributed by atoms with Crippen LogP contribution in [0, 0.1) is 17.3 Å². The van der Waals surface area contributed by atoms with E-state index in [9.17, 15) is 18.0 Å². The van der Waals surface area contributed by atoms with Gasteiger partial charge in [0.1, 0.15) is 17.5 Å². The number of amides is 2. The fourth-order valence-corrected chi connectivity index (χ4v) is 7.41. The van der Waals surface area contributed by atoms with Crippen molar-refractivity contribution in [2.45, 2.75) is 83.7 Å². The molecule has 2 aromatic heterocycles. The van der Waals surface area contributed by atoms with Gasteiger partial charge in [0.2, 0.25) is 5.91 Å². The third-order valence-corrected chi connectivity index (χ3v) is 10.0. The number of anilines is 3. The summed E-state index contributed by atoms with van der Waals surface area (Å²) < 4.78 is 34.5. The van der Waals surface area contributed by atoms with Gasteiger partial charge in [0.05, 0.1) is 18.1 Å². The molecule has 5 heterocycles. The van der Waals surface area contributed by atoms with Gasteiger partial charge >= 0.3 is 0 Å². The standard InChI is InChI=1S/C32H46N6O5S/c1-31(2,3)15-8-18-43-21-23-14-17-37(30(23)40)26-13-12-24-28(35-26)38-20-22(19-32(38,4)5)9-7-16-33-25-10-6-11-27(34-25)44(41,42)36-29(24)39/h6,10-13,22-23H,7-9,14-21H2,1-5H3,(H,33,34)(H,36,39)/t22-,23?/m0/s1. The molecule has 2 fully saturated rings. The van der Waals surface area contributed by atoms with Crippen LogP contribution in [0.15, 0.2) is 35.4 Å². The van der Waals surface area contributed by atoms with Gasteiger partial charge in [0.15, 0.2) is 5.03 Å². The molecule has 1 unspecified atom stereocenters. The fraction of sp³-hybridized carbons (Fsp3) is 0.625. The monoisotopic (exact) mass is 626 g/mol. The van der Waals surface area contributed by atoms with E-state index in [-0.39, 0.29) is 33.4 Å². The molecule has 0 aromatic carbocycles. The van der Waals surface area contributed by atoms with Crippen LogP contribution in [-0.2, 0) is 19.6 Å². The Morgan fingerprint density at radius 1 is 1.09 bits per heavy atom. The minimum absolute atomic E-state index is 0.0468. The Balaban J connectivity index is 1.41. The maximum absolute atomic E-state index is 13.6. The Kier molecular flexibility index (Phi) is 9.23. The molecule has 0 aliphatic carbocycles. The second kappa shape index (κ2) is 12.6. The average molecular weight is 627 g/mol. The predicted octanol–water partition coefficient (Wildman–Crippen LogP) is 4.60. The van der Waals surface area contributed by atoms with Gasteiger partial charge in [0, 0.05) is 31.8 Å². The number of sulfonamides is 1. The van der Waals surface area contributed by atoms with E-state index in [2.05, 4.69) is 54.5 Å². The largest absolute Gasteiger partial charge is 0.381 e. The Morgan fingerprint density at radius 2 is 1.89 bits per heavy atom. The molecule has 3 aliphatic rings. The lowest BCUT2D eigenvalue weighted by molar-refractivity contribution is -0.122. The molecule has 240 valence electrons. The van der Waals surface area contributed by atoms with Crippen molar-refractivity contribution in [1.82, 2.24) is 14.7 Å². The summed E-state index contributed by atoms with van der Waals surface area (Å²) in [6, 6.07) is 7.89. The number of carbonyl (C=O) groups is 2. The van der Waals surface area contributed by atoms with E-state index < -0.39 is 15.9 Å². The molecule has 2 N–H and O–H groups in total. The molecular formula is C32H46N6O5S. The Labute approximate surface area is 261 Å². The first-order chi connectivity index (χ1) is 20.7. The Morgan fingerprint density at radius 3 is 2.66 bits per heavy atom. The van der Waals surface area contributed by atoms with Crippen molar-refractivity contribution in [2.75, 3.05) is 48.0 Å². The number of nitrogens with one attached hydrogen (secondary N) is 2. The third kappa shape index (κ3) is 7.34. The molecule has 12 heteroatoms. The number of nitrogens with zero attached hydrogens (tertiary/aromatic N) is 4. The highest BCUT2D eigenvalue weighted by Gasteiger charge is 2.42. The predicted molar refractivity (Wildman–Crippen MR) is 170 cm³/mol. The number of rotatable bonds is 6. The van der Waals surface area contributed by atoms with Crippen molar-refractivity contribution in [2.24, 2.45) is 17.3 Å². The minimum atomic E-state index is -4.25. The van der Waals surface area contributed by atoms with E-state index >= 15 is 0 Å². The van der Waals surface area contributed by atoms with Crippen molar-refractivity contribution < 1.29 is 22.7 Å². The lowest BCUT2D eigenvalue weighted by Crippen LogP contribution is -2.41. The molecule has 2 atom stereocenters. The second-order valence-corrected chi connectivity index (χ2v) is 15.7. The fourth-order valence-electron chi connectivity index (χ4n) is 6.48. The second-order valence-electron chi connectivity index (χ2n) is 14.1. The molecule has 11 nitrogen and oxygen atoms in total. The molecule has 5 rings (SSSR count). The molecule has 0 saturated carbocycles. The van der Waals surface area contributed by atoms with Crippen LogP contribution < -0.4 is 19.8 Å². The summed E-state index contributed by atoms with van der Waals surface area (Å²) in [4.78, 5) is 40.0. The summed E-state index contributed by atoms with van der Waals surface area (Å²) in [7, 11) is -4.25. The summed E-state index contributed by atoms with van der Waals surface area (Å²) in [5, 5.41) is 2.97. The zero-order valence-electron chi connectivity index (χ0n) is 26.6. The van der Waals surface area contributed by atoms with Crippen LogP contribution in [0.3, 0.4) is 0 Å². The Bertz CT molecular complexity index is 1490. The van der Waals surface area contributed by atoms with Gasteiger partial charge in [-0.15, -0.1) is 0 Å². The molecule has 3 aliphatic heterocycles. The number of hydrogen-bond acceptors (Lipinski definition) is 9. The van der Waals surface area contributed by atoms with Crippen molar-refractivity contribution in [3.05, 3.63) is 35.9 Å². The average Bonchev–Trinajstić information content (AvgIpc) is 3.47. The maximum atomic E-state index is 13.6. The van der Waals surface area contributed by atoms with Crippen LogP contribution in [0.2, 0.25) is 0 Å². The third-order valence-electron chi connectivity index (χ3n) is 8.77. The Hall–Kier alpha value is -3.25.